The summed E-state index contributed by atoms with van der Waals surface area (Å²) in [5.74, 6) is -1.14. The number of ether oxygens (including phenoxy) is 1. The standard InChI is InChI=1S/C24H24N2O5S/c1-15-11-16(2)13-19(12-15)26-32(29,30)22-14-18(10-9-17(22)3)23(27)25-21-8-6-5-7-20(21)24(28)31-4/h5-14,26H,1-4H3,(H,25,27). The quantitative estimate of drug-likeness (QED) is 0.538. The van der Waals surface area contributed by atoms with Crippen LogP contribution in [0.5, 0.6) is 0 Å². The van der Waals surface area contributed by atoms with Gasteiger partial charge >= 0.3 is 5.97 Å². The molecule has 0 saturated carbocycles. The molecule has 0 aliphatic rings. The summed E-state index contributed by atoms with van der Waals surface area (Å²) in [6.45, 7) is 5.42. The van der Waals surface area contributed by atoms with Crippen LogP contribution in [0.3, 0.4) is 0 Å². The summed E-state index contributed by atoms with van der Waals surface area (Å²) in [5.41, 5.74) is 3.39. The number of amides is 1. The SMILES string of the molecule is COC(=O)c1ccccc1NC(=O)c1ccc(C)c(S(=O)(=O)Nc2cc(C)cc(C)c2)c1. The number of anilines is 2. The number of methoxy groups -OCH3 is 1. The summed E-state index contributed by atoms with van der Waals surface area (Å²) in [4.78, 5) is 24.8. The van der Waals surface area contributed by atoms with Gasteiger partial charge in [0.15, 0.2) is 0 Å². The lowest BCUT2D eigenvalue weighted by Gasteiger charge is -2.14. The monoisotopic (exact) mass is 452 g/mol. The fourth-order valence-corrected chi connectivity index (χ4v) is 4.66. The smallest absolute Gasteiger partial charge is 0.339 e. The van der Waals surface area contributed by atoms with E-state index in [1.54, 1.807) is 43.3 Å². The van der Waals surface area contributed by atoms with Crippen LogP contribution < -0.4 is 10.0 Å². The molecule has 3 aromatic carbocycles. The zero-order valence-electron chi connectivity index (χ0n) is 18.2. The lowest BCUT2D eigenvalue weighted by atomic mass is 10.1. The van der Waals surface area contributed by atoms with Crippen LogP contribution in [-0.2, 0) is 14.8 Å². The van der Waals surface area contributed by atoms with Crippen molar-refractivity contribution in [2.45, 2.75) is 25.7 Å². The van der Waals surface area contributed by atoms with Gasteiger partial charge in [0.1, 0.15) is 0 Å². The van der Waals surface area contributed by atoms with Crippen LogP contribution in [0.15, 0.2) is 65.6 Å². The molecule has 0 heterocycles. The molecule has 0 spiro atoms. The maximum atomic E-state index is 13.1. The van der Waals surface area contributed by atoms with E-state index < -0.39 is 21.9 Å². The number of benzene rings is 3. The van der Waals surface area contributed by atoms with E-state index in [9.17, 15) is 18.0 Å². The van der Waals surface area contributed by atoms with Crippen LogP contribution in [0.1, 0.15) is 37.4 Å². The van der Waals surface area contributed by atoms with Gasteiger partial charge in [0.2, 0.25) is 0 Å². The molecule has 3 rings (SSSR count). The number of sulfonamides is 1. The summed E-state index contributed by atoms with van der Waals surface area (Å²) in [6, 6.07) is 16.2. The highest BCUT2D eigenvalue weighted by Crippen LogP contribution is 2.24. The molecule has 2 N–H and O–H groups in total. The van der Waals surface area contributed by atoms with E-state index >= 15 is 0 Å². The molecule has 0 unspecified atom stereocenters. The van der Waals surface area contributed by atoms with E-state index in [0.29, 0.717) is 11.3 Å². The van der Waals surface area contributed by atoms with Crippen molar-refractivity contribution in [1.82, 2.24) is 0 Å². The summed E-state index contributed by atoms with van der Waals surface area (Å²) < 4.78 is 33.4. The first-order valence-electron chi connectivity index (χ1n) is 9.81. The Bertz CT molecular complexity index is 1280. The number of rotatable bonds is 6. The lowest BCUT2D eigenvalue weighted by molar-refractivity contribution is 0.0602. The minimum absolute atomic E-state index is 0.00874. The number of nitrogens with one attached hydrogen (secondary N) is 2. The van der Waals surface area contributed by atoms with E-state index in [1.165, 1.54) is 25.3 Å². The van der Waals surface area contributed by atoms with Crippen molar-refractivity contribution < 1.29 is 22.7 Å². The predicted octanol–water partition coefficient (Wildman–Crippen LogP) is 4.45. The molecule has 0 aromatic heterocycles. The summed E-state index contributed by atoms with van der Waals surface area (Å²) in [6.07, 6.45) is 0. The van der Waals surface area contributed by atoms with Gasteiger partial charge < -0.3 is 10.1 Å². The third kappa shape index (κ3) is 5.15. The Hall–Kier alpha value is -3.65. The zero-order valence-corrected chi connectivity index (χ0v) is 19.0. The van der Waals surface area contributed by atoms with Gasteiger partial charge in [0.25, 0.3) is 15.9 Å². The van der Waals surface area contributed by atoms with Crippen molar-refractivity contribution >= 4 is 33.3 Å². The molecule has 0 atom stereocenters. The number of esters is 1. The second-order valence-electron chi connectivity index (χ2n) is 7.45. The minimum Gasteiger partial charge on any atom is -0.465 e. The summed E-state index contributed by atoms with van der Waals surface area (Å²) in [7, 11) is -2.69. The number of carbonyl (C=O) groups excluding carboxylic acids is 2. The summed E-state index contributed by atoms with van der Waals surface area (Å²) >= 11 is 0. The van der Waals surface area contributed by atoms with Crippen molar-refractivity contribution in [2.75, 3.05) is 17.1 Å². The second-order valence-corrected chi connectivity index (χ2v) is 9.10. The normalized spacial score (nSPS) is 11.0. The van der Waals surface area contributed by atoms with Crippen LogP contribution in [0.4, 0.5) is 11.4 Å². The molecule has 0 aliphatic heterocycles. The van der Waals surface area contributed by atoms with E-state index in [2.05, 4.69) is 10.0 Å². The first-order chi connectivity index (χ1) is 15.1. The first kappa shape index (κ1) is 23.0. The molecule has 1 amide bonds. The number of para-hydroxylation sites is 1. The molecule has 0 radical (unpaired) electrons. The predicted molar refractivity (Wildman–Crippen MR) is 124 cm³/mol. The number of carbonyl (C=O) groups is 2. The lowest BCUT2D eigenvalue weighted by Crippen LogP contribution is -2.18. The van der Waals surface area contributed by atoms with Crippen LogP contribution in [-0.4, -0.2) is 27.4 Å². The molecule has 0 saturated heterocycles. The average molecular weight is 453 g/mol. The first-order valence-corrected chi connectivity index (χ1v) is 11.3. The van der Waals surface area contributed by atoms with Crippen molar-refractivity contribution in [1.29, 1.82) is 0 Å². The van der Waals surface area contributed by atoms with Gasteiger partial charge in [-0.1, -0.05) is 24.3 Å². The molecule has 7 nitrogen and oxygen atoms in total. The van der Waals surface area contributed by atoms with E-state index in [4.69, 9.17) is 4.74 Å². The van der Waals surface area contributed by atoms with E-state index in [1.807, 2.05) is 19.9 Å². The Morgan fingerprint density at radius 2 is 1.53 bits per heavy atom. The molecule has 0 aliphatic carbocycles. The maximum Gasteiger partial charge on any atom is 0.339 e. The maximum absolute atomic E-state index is 13.1. The van der Waals surface area contributed by atoms with Gasteiger partial charge in [-0.15, -0.1) is 0 Å². The third-order valence-electron chi connectivity index (χ3n) is 4.79. The largest absolute Gasteiger partial charge is 0.465 e. The second kappa shape index (κ2) is 9.23. The highest BCUT2D eigenvalue weighted by molar-refractivity contribution is 7.92. The molecule has 0 fully saturated rings. The van der Waals surface area contributed by atoms with Gasteiger partial charge in [-0.2, -0.15) is 0 Å². The number of hydrogen-bond acceptors (Lipinski definition) is 5. The average Bonchev–Trinajstić information content (AvgIpc) is 2.72. The number of aryl methyl sites for hydroxylation is 3. The van der Waals surface area contributed by atoms with E-state index in [-0.39, 0.29) is 21.7 Å². The molecule has 0 bridgehead atoms. The third-order valence-corrected chi connectivity index (χ3v) is 6.32. The zero-order chi connectivity index (χ0) is 23.5. The van der Waals surface area contributed by atoms with Crippen LogP contribution >= 0.6 is 0 Å². The van der Waals surface area contributed by atoms with Crippen molar-refractivity contribution in [3.63, 3.8) is 0 Å². The highest BCUT2D eigenvalue weighted by atomic mass is 32.2. The van der Waals surface area contributed by atoms with Gasteiger partial charge in [-0.25, -0.2) is 13.2 Å². The van der Waals surface area contributed by atoms with E-state index in [0.717, 1.165) is 11.1 Å². The van der Waals surface area contributed by atoms with Crippen molar-refractivity contribution in [3.05, 3.63) is 88.5 Å². The topological polar surface area (TPSA) is 102 Å². The van der Waals surface area contributed by atoms with Gasteiger partial charge in [-0.3, -0.25) is 9.52 Å². The highest BCUT2D eigenvalue weighted by Gasteiger charge is 2.21. The fraction of sp³-hybridized carbons (Fsp3) is 0.167. The molecule has 32 heavy (non-hydrogen) atoms. The van der Waals surface area contributed by atoms with Crippen LogP contribution in [0.2, 0.25) is 0 Å². The minimum atomic E-state index is -3.94. The Morgan fingerprint density at radius 3 is 2.19 bits per heavy atom. The molecule has 166 valence electrons. The fourth-order valence-electron chi connectivity index (χ4n) is 3.35. The molecular weight excluding hydrogens is 428 g/mol. The molecule has 8 heteroatoms. The van der Waals surface area contributed by atoms with Crippen molar-refractivity contribution in [3.8, 4) is 0 Å². The summed E-state index contributed by atoms with van der Waals surface area (Å²) in [5, 5.41) is 2.65. The number of hydrogen-bond donors (Lipinski definition) is 2. The Balaban J connectivity index is 1.92. The molecule has 3 aromatic rings. The van der Waals surface area contributed by atoms with Crippen LogP contribution in [0, 0.1) is 20.8 Å². The Kier molecular flexibility index (Phi) is 6.64. The van der Waals surface area contributed by atoms with Gasteiger partial charge in [-0.05, 0) is 73.9 Å². The van der Waals surface area contributed by atoms with Crippen LogP contribution in [0.25, 0.3) is 0 Å². The van der Waals surface area contributed by atoms with Gasteiger partial charge in [0, 0.05) is 11.3 Å². The van der Waals surface area contributed by atoms with Crippen molar-refractivity contribution in [2.24, 2.45) is 0 Å². The Morgan fingerprint density at radius 1 is 0.875 bits per heavy atom. The van der Waals surface area contributed by atoms with Gasteiger partial charge in [0.05, 0.1) is 23.3 Å². The Labute approximate surface area is 187 Å². The molecular formula is C24H24N2O5S.